The van der Waals surface area contributed by atoms with Crippen molar-refractivity contribution < 1.29 is 19.2 Å². The first-order valence-corrected chi connectivity index (χ1v) is 6.47. The number of hydrogen-bond donors (Lipinski definition) is 3. The van der Waals surface area contributed by atoms with E-state index >= 15 is 0 Å². The number of nitro benzene ring substituents is 1. The molecule has 0 saturated heterocycles. The molecule has 11 heteroatoms. The van der Waals surface area contributed by atoms with Gasteiger partial charge >= 0.3 is 6.09 Å². The third kappa shape index (κ3) is 5.24. The van der Waals surface area contributed by atoms with Gasteiger partial charge in [0.25, 0.3) is 10.9 Å². The van der Waals surface area contributed by atoms with Crippen molar-refractivity contribution in [3.05, 3.63) is 28.3 Å². The quantitative estimate of drug-likeness (QED) is 0.330. The molecular formula is C10H10N4O5S2. The second-order valence-electron chi connectivity index (χ2n) is 3.43. The van der Waals surface area contributed by atoms with Crippen molar-refractivity contribution in [3.63, 3.8) is 0 Å². The number of rotatable bonds is 3. The standard InChI is InChI=1S/C10H10N4O5S2/c1-19-10(16)13-9(20)12-6-3-2-5(21-8(11)15)4-7(6)14(17)18/h2-4H,1H3,(H2,11,15)(H2,12,13,16,20). The van der Waals surface area contributed by atoms with Crippen LogP contribution in [0.25, 0.3) is 0 Å². The fourth-order valence-electron chi connectivity index (χ4n) is 1.25. The Morgan fingerprint density at radius 1 is 1.48 bits per heavy atom. The number of primary amides is 1. The van der Waals surface area contributed by atoms with Crippen molar-refractivity contribution in [1.29, 1.82) is 0 Å². The van der Waals surface area contributed by atoms with Crippen LogP contribution < -0.4 is 16.4 Å². The van der Waals surface area contributed by atoms with Gasteiger partial charge in [0.05, 0.1) is 12.0 Å². The summed E-state index contributed by atoms with van der Waals surface area (Å²) in [6.07, 6.45) is -0.809. The number of carbonyl (C=O) groups is 2. The fourth-order valence-corrected chi connectivity index (χ4v) is 1.98. The number of thioether (sulfide) groups is 1. The lowest BCUT2D eigenvalue weighted by Gasteiger charge is -2.09. The number of nitrogens with zero attached hydrogens (tertiary/aromatic N) is 1. The van der Waals surface area contributed by atoms with Crippen LogP contribution in [0.5, 0.6) is 0 Å². The SMILES string of the molecule is COC(=O)NC(=S)Nc1ccc(SC(N)=O)cc1[N+](=O)[O-]. The van der Waals surface area contributed by atoms with Gasteiger partial charge in [-0.1, -0.05) is 0 Å². The molecular weight excluding hydrogens is 320 g/mol. The van der Waals surface area contributed by atoms with Gasteiger partial charge < -0.3 is 15.8 Å². The van der Waals surface area contributed by atoms with E-state index in [2.05, 4.69) is 15.4 Å². The molecule has 0 atom stereocenters. The predicted molar refractivity (Wildman–Crippen MR) is 80.3 cm³/mol. The van der Waals surface area contributed by atoms with E-state index in [0.717, 1.165) is 7.11 Å². The summed E-state index contributed by atoms with van der Waals surface area (Å²) < 4.78 is 4.33. The van der Waals surface area contributed by atoms with Crippen molar-refractivity contribution in [2.45, 2.75) is 4.90 Å². The number of anilines is 1. The number of thiocarbonyl (C=S) groups is 1. The monoisotopic (exact) mass is 330 g/mol. The highest BCUT2D eigenvalue weighted by atomic mass is 32.2. The summed E-state index contributed by atoms with van der Waals surface area (Å²) >= 11 is 5.46. The molecule has 0 aromatic heterocycles. The molecule has 1 aromatic carbocycles. The van der Waals surface area contributed by atoms with E-state index in [0.29, 0.717) is 16.7 Å². The number of alkyl carbamates (subject to hydrolysis) is 1. The lowest BCUT2D eigenvalue weighted by Crippen LogP contribution is -2.34. The number of nitro groups is 1. The first-order valence-electron chi connectivity index (χ1n) is 5.25. The van der Waals surface area contributed by atoms with Crippen LogP contribution in [0.15, 0.2) is 23.1 Å². The van der Waals surface area contributed by atoms with Crippen LogP contribution in [0.3, 0.4) is 0 Å². The molecule has 0 aliphatic carbocycles. The zero-order chi connectivity index (χ0) is 16.0. The van der Waals surface area contributed by atoms with E-state index in [-0.39, 0.29) is 16.5 Å². The van der Waals surface area contributed by atoms with Crippen molar-refractivity contribution >= 4 is 51.8 Å². The van der Waals surface area contributed by atoms with Crippen LogP contribution in [-0.2, 0) is 4.74 Å². The number of hydrogen-bond acceptors (Lipinski definition) is 7. The molecule has 0 spiro atoms. The zero-order valence-corrected chi connectivity index (χ0v) is 12.2. The molecule has 2 amide bonds. The molecule has 4 N–H and O–H groups in total. The van der Waals surface area contributed by atoms with Gasteiger partial charge in [-0.2, -0.15) is 0 Å². The Morgan fingerprint density at radius 3 is 2.67 bits per heavy atom. The third-order valence-corrected chi connectivity index (χ3v) is 2.93. The maximum atomic E-state index is 11.0. The minimum Gasteiger partial charge on any atom is -0.453 e. The highest BCUT2D eigenvalue weighted by Gasteiger charge is 2.17. The Morgan fingerprint density at radius 2 is 2.14 bits per heavy atom. The van der Waals surface area contributed by atoms with Crippen molar-refractivity contribution in [3.8, 4) is 0 Å². The number of benzene rings is 1. The van der Waals surface area contributed by atoms with E-state index in [4.69, 9.17) is 18.0 Å². The Labute approximate surface area is 128 Å². The lowest BCUT2D eigenvalue weighted by atomic mass is 10.2. The normalized spacial score (nSPS) is 9.57. The molecule has 9 nitrogen and oxygen atoms in total. The molecule has 0 unspecified atom stereocenters. The Bertz CT molecular complexity index is 607. The molecule has 0 aliphatic heterocycles. The lowest BCUT2D eigenvalue weighted by molar-refractivity contribution is -0.384. The van der Waals surface area contributed by atoms with Gasteiger partial charge in [0.15, 0.2) is 5.11 Å². The summed E-state index contributed by atoms with van der Waals surface area (Å²) in [5.74, 6) is 0. The second kappa shape index (κ2) is 7.40. The van der Waals surface area contributed by atoms with E-state index in [1.54, 1.807) is 0 Å². The smallest absolute Gasteiger partial charge is 0.413 e. The fraction of sp³-hybridized carbons (Fsp3) is 0.100. The number of ether oxygens (including phenoxy) is 1. The van der Waals surface area contributed by atoms with Crippen LogP contribution >= 0.6 is 24.0 Å². The molecule has 1 aromatic rings. The van der Waals surface area contributed by atoms with E-state index < -0.39 is 16.3 Å². The Hall–Kier alpha value is -2.40. The van der Waals surface area contributed by atoms with Gasteiger partial charge in [0.1, 0.15) is 5.69 Å². The highest BCUT2D eigenvalue weighted by Crippen LogP contribution is 2.30. The van der Waals surface area contributed by atoms with Gasteiger partial charge in [0, 0.05) is 11.0 Å². The minimum atomic E-state index is -0.809. The Kier molecular flexibility index (Phi) is 5.87. The first kappa shape index (κ1) is 16.7. The second-order valence-corrected chi connectivity index (χ2v) is 4.91. The maximum Gasteiger partial charge on any atom is 0.413 e. The molecule has 0 bridgehead atoms. The molecule has 112 valence electrons. The largest absolute Gasteiger partial charge is 0.453 e. The summed E-state index contributed by atoms with van der Waals surface area (Å²) in [5.41, 5.74) is 4.72. The average molecular weight is 330 g/mol. The Balaban J connectivity index is 2.96. The van der Waals surface area contributed by atoms with E-state index in [9.17, 15) is 19.7 Å². The molecule has 21 heavy (non-hydrogen) atoms. The summed E-state index contributed by atoms with van der Waals surface area (Å²) in [7, 11) is 1.15. The summed E-state index contributed by atoms with van der Waals surface area (Å²) in [6, 6.07) is 3.96. The molecule has 0 heterocycles. The van der Waals surface area contributed by atoms with E-state index in [1.807, 2.05) is 0 Å². The van der Waals surface area contributed by atoms with Crippen molar-refractivity contribution in [1.82, 2.24) is 5.32 Å². The predicted octanol–water partition coefficient (Wildman–Crippen LogP) is 1.82. The van der Waals surface area contributed by atoms with Gasteiger partial charge in [-0.05, 0) is 36.1 Å². The van der Waals surface area contributed by atoms with Crippen LogP contribution in [0, 0.1) is 10.1 Å². The van der Waals surface area contributed by atoms with Crippen molar-refractivity contribution in [2.24, 2.45) is 5.73 Å². The summed E-state index contributed by atoms with van der Waals surface area (Å²) in [4.78, 5) is 32.4. The molecule has 0 radical (unpaired) electrons. The van der Waals surface area contributed by atoms with Crippen molar-refractivity contribution in [2.75, 3.05) is 12.4 Å². The van der Waals surface area contributed by atoms with Gasteiger partial charge in [-0.25, -0.2) is 4.79 Å². The molecule has 0 saturated carbocycles. The van der Waals surface area contributed by atoms with Crippen LogP contribution in [-0.4, -0.2) is 28.5 Å². The van der Waals surface area contributed by atoms with E-state index in [1.165, 1.54) is 18.2 Å². The first-order chi connectivity index (χ1) is 9.83. The van der Waals surface area contributed by atoms with Gasteiger partial charge in [0.2, 0.25) is 0 Å². The maximum absolute atomic E-state index is 11.0. The molecule has 0 fully saturated rings. The van der Waals surface area contributed by atoms with Crippen LogP contribution in [0.1, 0.15) is 0 Å². The summed E-state index contributed by atoms with van der Waals surface area (Å²) in [6.45, 7) is 0. The highest BCUT2D eigenvalue weighted by molar-refractivity contribution is 8.13. The number of amides is 2. The number of carbonyl (C=O) groups excluding carboxylic acids is 2. The minimum absolute atomic E-state index is 0.0511. The third-order valence-electron chi connectivity index (χ3n) is 2.03. The zero-order valence-electron chi connectivity index (χ0n) is 10.6. The van der Waals surface area contributed by atoms with Crippen LogP contribution in [0.2, 0.25) is 0 Å². The average Bonchev–Trinajstić information content (AvgIpc) is 2.39. The van der Waals surface area contributed by atoms with Crippen LogP contribution in [0.4, 0.5) is 21.0 Å². The molecule has 0 aliphatic rings. The van der Waals surface area contributed by atoms with Gasteiger partial charge in [-0.3, -0.25) is 20.2 Å². The van der Waals surface area contributed by atoms with Gasteiger partial charge in [-0.15, -0.1) is 0 Å². The number of methoxy groups -OCH3 is 1. The number of nitrogens with two attached hydrogens (primary N) is 1. The summed E-state index contributed by atoms with van der Waals surface area (Å²) in [5, 5.41) is 14.8. The molecule has 1 rings (SSSR count). The topological polar surface area (TPSA) is 137 Å². The number of nitrogens with one attached hydrogen (secondary N) is 2.